The zero-order valence-corrected chi connectivity index (χ0v) is 16.2. The van der Waals surface area contributed by atoms with Crippen LogP contribution in [0.5, 0.6) is 5.75 Å². The fourth-order valence-electron chi connectivity index (χ4n) is 2.95. The summed E-state index contributed by atoms with van der Waals surface area (Å²) in [7, 11) is 3.22. The lowest BCUT2D eigenvalue weighted by molar-refractivity contribution is 0.0597. The minimum atomic E-state index is -0.197. The van der Waals surface area contributed by atoms with Crippen LogP contribution in [0.3, 0.4) is 0 Å². The van der Waals surface area contributed by atoms with Gasteiger partial charge in [-0.25, -0.2) is 0 Å². The summed E-state index contributed by atoms with van der Waals surface area (Å²) < 4.78 is 22.1. The van der Waals surface area contributed by atoms with E-state index in [9.17, 15) is 4.79 Å². The first-order valence-electron chi connectivity index (χ1n) is 9.20. The molecule has 0 unspecified atom stereocenters. The molecule has 6 nitrogen and oxygen atoms in total. The Kier molecular flexibility index (Phi) is 7.06. The summed E-state index contributed by atoms with van der Waals surface area (Å²) in [5.41, 5.74) is 1.40. The molecule has 0 saturated carbocycles. The van der Waals surface area contributed by atoms with Crippen molar-refractivity contribution < 1.29 is 23.4 Å². The minimum Gasteiger partial charge on any atom is -0.489 e. The lowest BCUT2D eigenvalue weighted by atomic mass is 10.1. The van der Waals surface area contributed by atoms with E-state index in [0.29, 0.717) is 37.6 Å². The molecule has 0 aliphatic carbocycles. The monoisotopic (exact) mass is 383 g/mol. The molecule has 3 rings (SSSR count). The number of nitrogens with zero attached hydrogens (tertiary/aromatic N) is 1. The Balaban J connectivity index is 1.90. The first-order valence-corrected chi connectivity index (χ1v) is 9.20. The predicted octanol–water partition coefficient (Wildman–Crippen LogP) is 3.75. The van der Waals surface area contributed by atoms with Crippen LogP contribution in [0, 0.1) is 0 Å². The van der Waals surface area contributed by atoms with E-state index < -0.39 is 0 Å². The first kappa shape index (κ1) is 19.9. The van der Waals surface area contributed by atoms with Crippen LogP contribution < -0.4 is 4.74 Å². The van der Waals surface area contributed by atoms with Gasteiger partial charge in [-0.15, -0.1) is 0 Å². The van der Waals surface area contributed by atoms with Gasteiger partial charge in [0.05, 0.1) is 13.2 Å². The Bertz CT molecular complexity index is 882. The molecule has 3 aromatic rings. The van der Waals surface area contributed by atoms with Gasteiger partial charge in [0.1, 0.15) is 17.9 Å². The Labute approximate surface area is 164 Å². The predicted molar refractivity (Wildman–Crippen MR) is 107 cm³/mol. The fourth-order valence-corrected chi connectivity index (χ4v) is 2.95. The van der Waals surface area contributed by atoms with Crippen LogP contribution in [0.4, 0.5) is 0 Å². The van der Waals surface area contributed by atoms with Crippen molar-refractivity contribution >= 4 is 16.9 Å². The Morgan fingerprint density at radius 1 is 0.929 bits per heavy atom. The maximum Gasteiger partial charge on any atom is 0.290 e. The summed E-state index contributed by atoms with van der Waals surface area (Å²) >= 11 is 0. The molecule has 6 heteroatoms. The summed E-state index contributed by atoms with van der Waals surface area (Å²) in [4.78, 5) is 14.9. The number of methoxy groups -OCH3 is 2. The molecule has 2 aromatic carbocycles. The molecule has 1 aromatic heterocycles. The zero-order valence-electron chi connectivity index (χ0n) is 16.2. The summed E-state index contributed by atoms with van der Waals surface area (Å²) in [6, 6.07) is 17.1. The summed E-state index contributed by atoms with van der Waals surface area (Å²) in [5.74, 6) is 0.836. The molecule has 1 heterocycles. The molecule has 0 saturated heterocycles. The topological polar surface area (TPSA) is 61.1 Å². The maximum atomic E-state index is 13.2. The van der Waals surface area contributed by atoms with Crippen molar-refractivity contribution in [2.24, 2.45) is 0 Å². The maximum absolute atomic E-state index is 13.2. The standard InChI is InChI=1S/C22H25NO5/c1-25-14-12-23(13-15-26-2)22(24)21-19(16-27-17-8-4-3-5-9-17)18-10-6-7-11-20(18)28-21/h3-11H,12-16H2,1-2H3. The summed E-state index contributed by atoms with van der Waals surface area (Å²) in [6.07, 6.45) is 0. The van der Waals surface area contributed by atoms with Crippen LogP contribution in [-0.2, 0) is 16.1 Å². The summed E-state index contributed by atoms with van der Waals surface area (Å²) in [6.45, 7) is 2.02. The van der Waals surface area contributed by atoms with E-state index in [1.807, 2.05) is 54.6 Å². The van der Waals surface area contributed by atoms with Gasteiger partial charge in [-0.3, -0.25) is 4.79 Å². The van der Waals surface area contributed by atoms with Crippen LogP contribution in [-0.4, -0.2) is 51.3 Å². The van der Waals surface area contributed by atoms with Crippen LogP contribution in [0.2, 0.25) is 0 Å². The van der Waals surface area contributed by atoms with Crippen LogP contribution in [0.15, 0.2) is 59.0 Å². The van der Waals surface area contributed by atoms with Crippen molar-refractivity contribution in [2.45, 2.75) is 6.61 Å². The number of fused-ring (bicyclic) bond motifs is 1. The highest BCUT2D eigenvalue weighted by Crippen LogP contribution is 2.28. The van der Waals surface area contributed by atoms with E-state index in [1.165, 1.54) is 0 Å². The molecule has 0 radical (unpaired) electrons. The zero-order chi connectivity index (χ0) is 19.8. The minimum absolute atomic E-state index is 0.197. The Morgan fingerprint density at radius 2 is 1.57 bits per heavy atom. The Morgan fingerprint density at radius 3 is 2.25 bits per heavy atom. The van der Waals surface area contributed by atoms with Crippen molar-refractivity contribution in [1.29, 1.82) is 0 Å². The number of hydrogen-bond acceptors (Lipinski definition) is 5. The largest absolute Gasteiger partial charge is 0.489 e. The van der Waals surface area contributed by atoms with Gasteiger partial charge in [0.2, 0.25) is 0 Å². The van der Waals surface area contributed by atoms with Crippen LogP contribution in [0.25, 0.3) is 11.0 Å². The lowest BCUT2D eigenvalue weighted by Crippen LogP contribution is -2.36. The highest BCUT2D eigenvalue weighted by molar-refractivity contribution is 5.99. The quantitative estimate of drug-likeness (QED) is 0.534. The third kappa shape index (κ3) is 4.71. The van der Waals surface area contributed by atoms with Gasteiger partial charge in [0.25, 0.3) is 5.91 Å². The molecule has 28 heavy (non-hydrogen) atoms. The van der Waals surface area contributed by atoms with Crippen molar-refractivity contribution in [3.8, 4) is 5.75 Å². The third-order valence-electron chi connectivity index (χ3n) is 4.44. The number of benzene rings is 2. The van der Waals surface area contributed by atoms with E-state index in [1.54, 1.807) is 19.1 Å². The van der Waals surface area contributed by atoms with Gasteiger partial charge in [-0.2, -0.15) is 0 Å². The fraction of sp³-hybridized carbons (Fsp3) is 0.318. The number of carbonyl (C=O) groups excluding carboxylic acids is 1. The molecular formula is C22H25NO5. The average molecular weight is 383 g/mol. The van der Waals surface area contributed by atoms with Crippen molar-refractivity contribution in [3.63, 3.8) is 0 Å². The molecule has 0 aliphatic rings. The van der Waals surface area contributed by atoms with Crippen molar-refractivity contribution in [1.82, 2.24) is 4.90 Å². The van der Waals surface area contributed by atoms with Gasteiger partial charge < -0.3 is 23.5 Å². The molecule has 0 spiro atoms. The van der Waals surface area contributed by atoms with Crippen molar-refractivity contribution in [3.05, 3.63) is 65.9 Å². The molecule has 0 aliphatic heterocycles. The first-order chi connectivity index (χ1) is 13.7. The molecule has 0 bridgehead atoms. The second-order valence-electron chi connectivity index (χ2n) is 6.29. The van der Waals surface area contributed by atoms with Gasteiger partial charge in [-0.05, 0) is 18.2 Å². The van der Waals surface area contributed by atoms with E-state index in [-0.39, 0.29) is 12.5 Å². The van der Waals surface area contributed by atoms with Crippen LogP contribution >= 0.6 is 0 Å². The number of carbonyl (C=O) groups is 1. The van der Waals surface area contributed by atoms with Crippen molar-refractivity contribution in [2.75, 3.05) is 40.5 Å². The summed E-state index contributed by atoms with van der Waals surface area (Å²) in [5, 5.41) is 0.875. The second kappa shape index (κ2) is 9.92. The number of para-hydroxylation sites is 2. The van der Waals surface area contributed by atoms with Gasteiger partial charge in [0, 0.05) is 38.3 Å². The molecule has 148 valence electrons. The smallest absolute Gasteiger partial charge is 0.290 e. The highest BCUT2D eigenvalue weighted by Gasteiger charge is 2.25. The number of ether oxygens (including phenoxy) is 3. The number of rotatable bonds is 10. The number of furan rings is 1. The van der Waals surface area contributed by atoms with E-state index in [0.717, 1.165) is 16.7 Å². The average Bonchev–Trinajstić information content (AvgIpc) is 3.11. The molecule has 0 N–H and O–H groups in total. The molecule has 0 fully saturated rings. The highest BCUT2D eigenvalue weighted by atomic mass is 16.5. The molecule has 0 atom stereocenters. The third-order valence-corrected chi connectivity index (χ3v) is 4.44. The van der Waals surface area contributed by atoms with E-state index in [2.05, 4.69) is 0 Å². The molecule has 1 amide bonds. The number of hydrogen-bond donors (Lipinski definition) is 0. The Hall–Kier alpha value is -2.83. The lowest BCUT2D eigenvalue weighted by Gasteiger charge is -2.21. The normalized spacial score (nSPS) is 10.9. The van der Waals surface area contributed by atoms with E-state index >= 15 is 0 Å². The molecular weight excluding hydrogens is 358 g/mol. The van der Waals surface area contributed by atoms with E-state index in [4.69, 9.17) is 18.6 Å². The van der Waals surface area contributed by atoms with Gasteiger partial charge >= 0.3 is 0 Å². The SMILES string of the molecule is COCCN(CCOC)C(=O)c1oc2ccccc2c1COc1ccccc1. The number of amides is 1. The van der Waals surface area contributed by atoms with Crippen LogP contribution in [0.1, 0.15) is 16.1 Å². The van der Waals surface area contributed by atoms with Gasteiger partial charge in [-0.1, -0.05) is 36.4 Å². The van der Waals surface area contributed by atoms with Gasteiger partial charge in [0.15, 0.2) is 5.76 Å². The second-order valence-corrected chi connectivity index (χ2v) is 6.29.